The van der Waals surface area contributed by atoms with Crippen LogP contribution in [0.5, 0.6) is 5.88 Å². The predicted molar refractivity (Wildman–Crippen MR) is 109 cm³/mol. The van der Waals surface area contributed by atoms with Crippen LogP contribution in [-0.2, 0) is 15.9 Å². The lowest BCUT2D eigenvalue weighted by Gasteiger charge is -2.34. The van der Waals surface area contributed by atoms with Gasteiger partial charge in [-0.1, -0.05) is 0 Å². The van der Waals surface area contributed by atoms with Crippen LogP contribution in [0.1, 0.15) is 39.2 Å². The molecule has 9 heteroatoms. The minimum Gasteiger partial charge on any atom is -0.481 e. The quantitative estimate of drug-likeness (QED) is 0.580. The van der Waals surface area contributed by atoms with Crippen molar-refractivity contribution in [3.63, 3.8) is 0 Å². The SMILES string of the molecule is COc1ccc2ncc(F)c(C[C@H](O)[C@@H]3CC[C@@H](NC(O)OC(C)(C)C)CO3)c2n1. The average Bonchev–Trinajstić information content (AvgIpc) is 2.68. The van der Waals surface area contributed by atoms with E-state index in [-0.39, 0.29) is 18.0 Å². The van der Waals surface area contributed by atoms with Gasteiger partial charge in [-0.3, -0.25) is 10.3 Å². The van der Waals surface area contributed by atoms with Crippen molar-refractivity contribution in [2.24, 2.45) is 0 Å². The summed E-state index contributed by atoms with van der Waals surface area (Å²) in [6, 6.07) is 3.26. The number of fused-ring (bicyclic) bond motifs is 1. The molecule has 0 aromatic carbocycles. The van der Waals surface area contributed by atoms with E-state index >= 15 is 0 Å². The van der Waals surface area contributed by atoms with E-state index in [4.69, 9.17) is 14.2 Å². The van der Waals surface area contributed by atoms with Gasteiger partial charge in [0.1, 0.15) is 5.82 Å². The highest BCUT2D eigenvalue weighted by Gasteiger charge is 2.30. The van der Waals surface area contributed by atoms with Gasteiger partial charge in [0, 0.05) is 24.1 Å². The van der Waals surface area contributed by atoms with Gasteiger partial charge in [0.05, 0.1) is 48.8 Å². The molecule has 1 aliphatic heterocycles. The molecule has 3 rings (SSSR count). The van der Waals surface area contributed by atoms with Crippen molar-refractivity contribution in [1.82, 2.24) is 15.3 Å². The molecule has 3 heterocycles. The first kappa shape index (κ1) is 22.8. The highest BCUT2D eigenvalue weighted by Crippen LogP contribution is 2.25. The van der Waals surface area contributed by atoms with E-state index in [1.54, 1.807) is 12.1 Å². The standard InChI is InChI=1S/C21H30FN3O5/c1-21(2,3)30-20(27)24-12-5-7-17(29-11-12)16(26)9-13-14(22)10-23-15-6-8-18(28-4)25-19(13)15/h6,8,10,12,16-17,20,24,26-27H,5,7,9,11H2,1-4H3/t12-,16+,17+,20?/m1/s1. The first-order valence-electron chi connectivity index (χ1n) is 10.1. The molecule has 3 N–H and O–H groups in total. The maximum absolute atomic E-state index is 14.5. The monoisotopic (exact) mass is 423 g/mol. The molecular formula is C21H30FN3O5. The van der Waals surface area contributed by atoms with E-state index in [2.05, 4.69) is 15.3 Å². The maximum atomic E-state index is 14.5. The normalized spacial score (nSPS) is 22.1. The molecule has 2 aromatic rings. The van der Waals surface area contributed by atoms with Gasteiger partial charge in [-0.05, 0) is 39.7 Å². The summed E-state index contributed by atoms with van der Waals surface area (Å²) in [6.45, 7) is 5.87. The van der Waals surface area contributed by atoms with Crippen molar-refractivity contribution in [2.45, 2.75) is 70.3 Å². The number of hydrogen-bond donors (Lipinski definition) is 3. The van der Waals surface area contributed by atoms with Crippen molar-refractivity contribution in [3.8, 4) is 5.88 Å². The number of halogens is 1. The molecule has 1 saturated heterocycles. The molecule has 0 radical (unpaired) electrons. The van der Waals surface area contributed by atoms with Crippen molar-refractivity contribution in [3.05, 3.63) is 29.7 Å². The first-order valence-corrected chi connectivity index (χ1v) is 10.1. The van der Waals surface area contributed by atoms with Gasteiger partial charge in [0.2, 0.25) is 12.3 Å². The molecule has 1 aliphatic rings. The molecule has 0 saturated carbocycles. The van der Waals surface area contributed by atoms with Crippen LogP contribution in [0.25, 0.3) is 11.0 Å². The first-order chi connectivity index (χ1) is 14.2. The zero-order chi connectivity index (χ0) is 21.9. The van der Waals surface area contributed by atoms with Gasteiger partial charge in [-0.25, -0.2) is 9.37 Å². The second-order valence-electron chi connectivity index (χ2n) is 8.47. The predicted octanol–water partition coefficient (Wildman–Crippen LogP) is 1.91. The number of rotatable bonds is 7. The van der Waals surface area contributed by atoms with Crippen LogP contribution in [0.3, 0.4) is 0 Å². The number of methoxy groups -OCH3 is 1. The van der Waals surface area contributed by atoms with Crippen LogP contribution in [0.4, 0.5) is 4.39 Å². The molecule has 0 spiro atoms. The van der Waals surface area contributed by atoms with Crippen LogP contribution in [-0.4, -0.2) is 64.2 Å². The van der Waals surface area contributed by atoms with E-state index in [0.29, 0.717) is 36.4 Å². The van der Waals surface area contributed by atoms with Gasteiger partial charge in [0.15, 0.2) is 0 Å². The Labute approximate surface area is 175 Å². The molecule has 0 bridgehead atoms. The van der Waals surface area contributed by atoms with E-state index in [1.807, 2.05) is 20.8 Å². The van der Waals surface area contributed by atoms with Crippen molar-refractivity contribution < 1.29 is 28.8 Å². The number of nitrogens with one attached hydrogen (secondary N) is 1. The Balaban J connectivity index is 1.61. The van der Waals surface area contributed by atoms with Crippen LogP contribution < -0.4 is 10.1 Å². The summed E-state index contributed by atoms with van der Waals surface area (Å²) in [6.07, 6.45) is -0.0361. The Morgan fingerprint density at radius 2 is 2.07 bits per heavy atom. The van der Waals surface area contributed by atoms with Crippen LogP contribution in [0.2, 0.25) is 0 Å². The number of ether oxygens (including phenoxy) is 3. The molecule has 166 valence electrons. The minimum atomic E-state index is -1.10. The maximum Gasteiger partial charge on any atom is 0.214 e. The second kappa shape index (κ2) is 9.49. The molecule has 8 nitrogen and oxygen atoms in total. The van der Waals surface area contributed by atoms with Gasteiger partial charge in [-0.2, -0.15) is 0 Å². The lowest BCUT2D eigenvalue weighted by molar-refractivity contribution is -0.192. The molecule has 0 amide bonds. The smallest absolute Gasteiger partial charge is 0.214 e. The topological polar surface area (TPSA) is 106 Å². The van der Waals surface area contributed by atoms with Gasteiger partial charge in [0.25, 0.3) is 0 Å². The number of pyridine rings is 2. The van der Waals surface area contributed by atoms with Crippen LogP contribution in [0.15, 0.2) is 18.3 Å². The molecular weight excluding hydrogens is 393 g/mol. The zero-order valence-corrected chi connectivity index (χ0v) is 17.8. The summed E-state index contributed by atoms with van der Waals surface area (Å²) < 4.78 is 30.8. The molecule has 30 heavy (non-hydrogen) atoms. The minimum absolute atomic E-state index is 0.0452. The third kappa shape index (κ3) is 5.83. The van der Waals surface area contributed by atoms with Crippen molar-refractivity contribution >= 4 is 11.0 Å². The third-order valence-electron chi connectivity index (χ3n) is 4.95. The summed E-state index contributed by atoms with van der Waals surface area (Å²) in [5.74, 6) is -0.176. The number of hydrogen-bond acceptors (Lipinski definition) is 8. The van der Waals surface area contributed by atoms with Gasteiger partial charge < -0.3 is 24.4 Å². The fraction of sp³-hybridized carbons (Fsp3) is 0.619. The summed E-state index contributed by atoms with van der Waals surface area (Å²) >= 11 is 0. The van der Waals surface area contributed by atoms with E-state index in [9.17, 15) is 14.6 Å². The molecule has 1 fully saturated rings. The Bertz CT molecular complexity index is 852. The largest absolute Gasteiger partial charge is 0.481 e. The molecule has 1 unspecified atom stereocenters. The van der Waals surface area contributed by atoms with Crippen molar-refractivity contribution in [1.29, 1.82) is 0 Å². The Morgan fingerprint density at radius 1 is 1.30 bits per heavy atom. The Morgan fingerprint density at radius 3 is 2.70 bits per heavy atom. The second-order valence-corrected chi connectivity index (χ2v) is 8.47. The number of aliphatic hydroxyl groups is 2. The lowest BCUT2D eigenvalue weighted by atomic mass is 9.96. The lowest BCUT2D eigenvalue weighted by Crippen LogP contribution is -2.49. The summed E-state index contributed by atoms with van der Waals surface area (Å²) in [4.78, 5) is 8.35. The number of aromatic nitrogens is 2. The fourth-order valence-electron chi connectivity index (χ4n) is 3.50. The van der Waals surface area contributed by atoms with E-state index in [0.717, 1.165) is 6.20 Å². The molecule has 2 aromatic heterocycles. The van der Waals surface area contributed by atoms with Crippen LogP contribution >= 0.6 is 0 Å². The Hall–Kier alpha value is -1.91. The third-order valence-corrected chi connectivity index (χ3v) is 4.95. The average molecular weight is 423 g/mol. The highest BCUT2D eigenvalue weighted by molar-refractivity contribution is 5.78. The summed E-state index contributed by atoms with van der Waals surface area (Å²) in [7, 11) is 1.49. The number of nitrogens with zero attached hydrogens (tertiary/aromatic N) is 2. The fourth-order valence-corrected chi connectivity index (χ4v) is 3.50. The molecule has 0 aliphatic carbocycles. The summed E-state index contributed by atoms with van der Waals surface area (Å²) in [5, 5.41) is 23.6. The number of aliphatic hydroxyl groups excluding tert-OH is 2. The van der Waals surface area contributed by atoms with Gasteiger partial charge in [-0.15, -0.1) is 0 Å². The summed E-state index contributed by atoms with van der Waals surface area (Å²) in [5.41, 5.74) is 0.700. The Kier molecular flexibility index (Phi) is 7.20. The van der Waals surface area contributed by atoms with Gasteiger partial charge >= 0.3 is 0 Å². The van der Waals surface area contributed by atoms with Crippen LogP contribution in [0, 0.1) is 5.82 Å². The van der Waals surface area contributed by atoms with E-state index < -0.39 is 30.0 Å². The van der Waals surface area contributed by atoms with E-state index in [1.165, 1.54) is 7.11 Å². The zero-order valence-electron chi connectivity index (χ0n) is 17.8. The molecule has 4 atom stereocenters. The highest BCUT2D eigenvalue weighted by atomic mass is 19.1. The van der Waals surface area contributed by atoms with Crippen molar-refractivity contribution in [2.75, 3.05) is 13.7 Å².